The van der Waals surface area contributed by atoms with Crippen molar-refractivity contribution in [1.29, 1.82) is 0 Å². The molecule has 5 atom stereocenters. The van der Waals surface area contributed by atoms with E-state index < -0.39 is 18.0 Å². The molecule has 2 N–H and O–H groups in total. The Balaban J connectivity index is 1.73. The summed E-state index contributed by atoms with van der Waals surface area (Å²) < 4.78 is 77.3. The number of halogens is 6. The lowest BCUT2D eigenvalue weighted by Gasteiger charge is -2.44. The molecule has 3 rings (SSSR count). The van der Waals surface area contributed by atoms with Crippen LogP contribution >= 0.6 is 0 Å². The van der Waals surface area contributed by atoms with Gasteiger partial charge in [-0.15, -0.1) is 0 Å². The lowest BCUT2D eigenvalue weighted by atomic mass is 9.61. The predicted molar refractivity (Wildman–Crippen MR) is 117 cm³/mol. The van der Waals surface area contributed by atoms with Crippen LogP contribution in [-0.2, 0) is 0 Å². The SMILES string of the molecule is C[C@@H](CC#CC(O)(C(F)(F)F)C(F)(F)F)[C@H]1CCC2/C(=C/C=C3/CCC[C@H](O)C3)CCC[C@@]21C. The Morgan fingerprint density at radius 2 is 1.71 bits per heavy atom. The Morgan fingerprint density at radius 3 is 2.32 bits per heavy atom. The van der Waals surface area contributed by atoms with E-state index in [0.29, 0.717) is 12.3 Å². The van der Waals surface area contributed by atoms with E-state index >= 15 is 0 Å². The van der Waals surface area contributed by atoms with Crippen LogP contribution in [0.25, 0.3) is 0 Å². The van der Waals surface area contributed by atoms with Gasteiger partial charge < -0.3 is 10.2 Å². The molecule has 0 aromatic heterocycles. The smallest absolute Gasteiger partial charge is 0.393 e. The summed E-state index contributed by atoms with van der Waals surface area (Å²) in [6, 6.07) is 0. The maximum atomic E-state index is 12.9. The van der Waals surface area contributed by atoms with E-state index in [1.165, 1.54) is 11.1 Å². The molecule has 2 nitrogen and oxygen atoms in total. The second-order valence-electron chi connectivity index (χ2n) is 10.6. The standard InChI is InChI=1S/C26H34F6O2/c1-17(6-4-15-24(34,25(27,28)29)26(30,31)32)21-12-13-22-19(8-5-14-23(21,22)2)11-10-18-7-3-9-20(33)16-18/h10-11,17,20-22,33-34H,3,5-9,12-14,16H2,1-2H3/b18-10-,19-11+/t17-,20-,21+,22?,23+/m0/s1. The van der Waals surface area contributed by atoms with E-state index in [2.05, 4.69) is 19.1 Å². The Kier molecular flexibility index (Phi) is 7.89. The first kappa shape index (κ1) is 27.1. The van der Waals surface area contributed by atoms with E-state index in [1.54, 1.807) is 0 Å². The van der Waals surface area contributed by atoms with Gasteiger partial charge in [0.1, 0.15) is 0 Å². The Hall–Kier alpha value is -1.46. The molecule has 192 valence electrons. The van der Waals surface area contributed by atoms with Gasteiger partial charge >= 0.3 is 18.0 Å². The van der Waals surface area contributed by atoms with E-state index in [0.717, 1.165) is 57.3 Å². The molecule has 1 unspecified atom stereocenters. The van der Waals surface area contributed by atoms with Gasteiger partial charge in [0.2, 0.25) is 0 Å². The van der Waals surface area contributed by atoms with Crippen molar-refractivity contribution >= 4 is 0 Å². The molecule has 0 aromatic carbocycles. The van der Waals surface area contributed by atoms with Gasteiger partial charge in [-0.05, 0) is 86.9 Å². The maximum absolute atomic E-state index is 12.9. The van der Waals surface area contributed by atoms with Gasteiger partial charge in [-0.2, -0.15) is 26.3 Å². The molecule has 0 amide bonds. The van der Waals surface area contributed by atoms with E-state index in [4.69, 9.17) is 0 Å². The fraction of sp³-hybridized carbons (Fsp3) is 0.769. The normalized spacial score (nSPS) is 34.0. The number of aliphatic hydroxyl groups excluding tert-OH is 1. The zero-order chi connectivity index (χ0) is 25.4. The molecule has 0 heterocycles. The summed E-state index contributed by atoms with van der Waals surface area (Å²) in [6.45, 7) is 4.02. The fourth-order valence-corrected chi connectivity index (χ4v) is 6.45. The molecular weight excluding hydrogens is 458 g/mol. The van der Waals surface area contributed by atoms with Crippen LogP contribution in [0.15, 0.2) is 23.3 Å². The fourth-order valence-electron chi connectivity index (χ4n) is 6.45. The third kappa shape index (κ3) is 5.36. The first-order chi connectivity index (χ1) is 15.7. The first-order valence-corrected chi connectivity index (χ1v) is 12.1. The molecule has 3 saturated carbocycles. The molecule has 0 aliphatic heterocycles. The Bertz CT molecular complexity index is 845. The largest absolute Gasteiger partial charge is 0.438 e. The van der Waals surface area contributed by atoms with Crippen LogP contribution in [0.3, 0.4) is 0 Å². The van der Waals surface area contributed by atoms with E-state index in [-0.39, 0.29) is 29.8 Å². The van der Waals surface area contributed by atoms with Gasteiger partial charge in [0.15, 0.2) is 0 Å². The zero-order valence-electron chi connectivity index (χ0n) is 19.7. The van der Waals surface area contributed by atoms with Gasteiger partial charge in [0.25, 0.3) is 0 Å². The van der Waals surface area contributed by atoms with Crippen molar-refractivity contribution in [2.45, 2.75) is 102 Å². The quantitative estimate of drug-likeness (QED) is 0.333. The Morgan fingerprint density at radius 1 is 1.03 bits per heavy atom. The molecule has 8 heteroatoms. The summed E-state index contributed by atoms with van der Waals surface area (Å²) in [6.07, 6.45) is 0.298. The van der Waals surface area contributed by atoms with Crippen LogP contribution in [0.5, 0.6) is 0 Å². The van der Waals surface area contributed by atoms with Gasteiger partial charge in [-0.1, -0.05) is 43.1 Å². The second kappa shape index (κ2) is 9.89. The summed E-state index contributed by atoms with van der Waals surface area (Å²) in [5.74, 6) is 3.39. The topological polar surface area (TPSA) is 40.5 Å². The highest BCUT2D eigenvalue weighted by Crippen LogP contribution is 2.59. The predicted octanol–water partition coefficient (Wildman–Crippen LogP) is 6.88. The Labute approximate surface area is 197 Å². The second-order valence-corrected chi connectivity index (χ2v) is 10.6. The zero-order valence-corrected chi connectivity index (χ0v) is 19.7. The van der Waals surface area contributed by atoms with Gasteiger partial charge in [-0.3, -0.25) is 0 Å². The average Bonchev–Trinajstić information content (AvgIpc) is 3.08. The third-order valence-electron chi connectivity index (χ3n) is 8.30. The molecule has 3 fully saturated rings. The average molecular weight is 493 g/mol. The van der Waals surface area contributed by atoms with Crippen molar-refractivity contribution in [1.82, 2.24) is 0 Å². The molecule has 3 aliphatic rings. The molecule has 3 aliphatic carbocycles. The number of allylic oxidation sites excluding steroid dienone is 3. The summed E-state index contributed by atoms with van der Waals surface area (Å²) >= 11 is 0. The van der Waals surface area contributed by atoms with Gasteiger partial charge in [0.05, 0.1) is 6.10 Å². The van der Waals surface area contributed by atoms with Crippen molar-refractivity contribution in [2.75, 3.05) is 0 Å². The minimum Gasteiger partial charge on any atom is -0.393 e. The highest BCUT2D eigenvalue weighted by molar-refractivity contribution is 5.26. The number of fused-ring (bicyclic) bond motifs is 1. The minimum absolute atomic E-state index is 0.0832. The van der Waals surface area contributed by atoms with Gasteiger partial charge in [0, 0.05) is 6.42 Å². The van der Waals surface area contributed by atoms with Crippen LogP contribution in [0.1, 0.15) is 78.1 Å². The van der Waals surface area contributed by atoms with Crippen LogP contribution in [0, 0.1) is 35.0 Å². The number of alkyl halides is 6. The summed E-state index contributed by atoms with van der Waals surface area (Å²) in [7, 11) is 0. The third-order valence-corrected chi connectivity index (χ3v) is 8.30. The molecule has 0 radical (unpaired) electrons. The van der Waals surface area contributed by atoms with Crippen molar-refractivity contribution in [3.63, 3.8) is 0 Å². The van der Waals surface area contributed by atoms with Crippen molar-refractivity contribution in [3.05, 3.63) is 23.3 Å². The van der Waals surface area contributed by atoms with Gasteiger partial charge in [-0.25, -0.2) is 0 Å². The number of hydrogen-bond acceptors (Lipinski definition) is 2. The maximum Gasteiger partial charge on any atom is 0.438 e. The van der Waals surface area contributed by atoms with Crippen LogP contribution in [-0.4, -0.2) is 34.3 Å². The molecule has 0 spiro atoms. The summed E-state index contributed by atoms with van der Waals surface area (Å²) in [5.41, 5.74) is -2.49. The van der Waals surface area contributed by atoms with Crippen molar-refractivity contribution < 1.29 is 36.6 Å². The van der Waals surface area contributed by atoms with Crippen molar-refractivity contribution in [3.8, 4) is 11.8 Å². The molecule has 0 bridgehead atoms. The first-order valence-electron chi connectivity index (χ1n) is 12.1. The molecule has 0 aromatic rings. The van der Waals surface area contributed by atoms with Crippen LogP contribution in [0.2, 0.25) is 0 Å². The summed E-state index contributed by atoms with van der Waals surface area (Å²) in [5, 5.41) is 19.2. The highest BCUT2D eigenvalue weighted by atomic mass is 19.4. The molecular formula is C26H34F6O2. The van der Waals surface area contributed by atoms with E-state index in [9.17, 15) is 36.6 Å². The van der Waals surface area contributed by atoms with E-state index in [1.807, 2.05) is 12.8 Å². The van der Waals surface area contributed by atoms with Crippen LogP contribution < -0.4 is 0 Å². The lowest BCUT2D eigenvalue weighted by Crippen LogP contribution is -2.55. The number of rotatable bonds is 3. The minimum atomic E-state index is -5.92. The summed E-state index contributed by atoms with van der Waals surface area (Å²) in [4.78, 5) is 0. The molecule has 0 saturated heterocycles. The lowest BCUT2D eigenvalue weighted by molar-refractivity contribution is -0.343. The van der Waals surface area contributed by atoms with Crippen molar-refractivity contribution in [2.24, 2.45) is 23.2 Å². The monoisotopic (exact) mass is 492 g/mol. The molecule has 34 heavy (non-hydrogen) atoms. The van der Waals surface area contributed by atoms with Crippen LogP contribution in [0.4, 0.5) is 26.3 Å². The number of aliphatic hydroxyl groups is 2. The number of hydrogen-bond donors (Lipinski definition) is 2. The highest BCUT2D eigenvalue weighted by Gasteiger charge is 2.70.